The first-order chi connectivity index (χ1) is 6.89. The standard InChI is InChI=1S/C9H10N2O2/c1-5-7-3-8(10)6(4-12)2-9(7)13-11-5/h2-3,12H,4,10H2,1H3/i4D2. The van der Waals surface area contributed by atoms with Gasteiger partial charge in [0.25, 0.3) is 0 Å². The molecule has 0 saturated carbocycles. The Morgan fingerprint density at radius 1 is 1.69 bits per heavy atom. The highest BCUT2D eigenvalue weighted by atomic mass is 16.5. The molecule has 1 aromatic carbocycles. The zero-order chi connectivity index (χ0) is 11.2. The monoisotopic (exact) mass is 180 g/mol. The first-order valence-corrected chi connectivity index (χ1v) is 3.78. The molecule has 0 bridgehead atoms. The number of fused-ring (bicyclic) bond motifs is 1. The summed E-state index contributed by atoms with van der Waals surface area (Å²) in [5.41, 5.74) is 6.90. The maximum Gasteiger partial charge on any atom is 0.167 e. The highest BCUT2D eigenvalue weighted by Gasteiger charge is 2.07. The Bertz CT molecular complexity index is 517. The lowest BCUT2D eigenvalue weighted by Gasteiger charge is -2.00. The number of rotatable bonds is 1. The van der Waals surface area contributed by atoms with Crippen molar-refractivity contribution in [1.82, 2.24) is 5.16 Å². The van der Waals surface area contributed by atoms with E-state index in [1.807, 2.05) is 0 Å². The van der Waals surface area contributed by atoms with Crippen molar-refractivity contribution in [3.8, 4) is 0 Å². The molecule has 1 heterocycles. The van der Waals surface area contributed by atoms with Gasteiger partial charge in [-0.1, -0.05) is 5.16 Å². The summed E-state index contributed by atoms with van der Waals surface area (Å²) in [6.07, 6.45) is 0. The average molecular weight is 180 g/mol. The number of aryl methyl sites for hydroxylation is 1. The van der Waals surface area contributed by atoms with Crippen molar-refractivity contribution in [2.24, 2.45) is 0 Å². The van der Waals surface area contributed by atoms with E-state index in [0.29, 0.717) is 11.3 Å². The van der Waals surface area contributed by atoms with Gasteiger partial charge < -0.3 is 15.4 Å². The van der Waals surface area contributed by atoms with Crippen molar-refractivity contribution in [3.05, 3.63) is 23.4 Å². The number of benzene rings is 1. The molecule has 0 unspecified atom stereocenters. The summed E-state index contributed by atoms with van der Waals surface area (Å²) >= 11 is 0. The second kappa shape index (κ2) is 2.74. The Kier molecular flexibility index (Phi) is 1.26. The highest BCUT2D eigenvalue weighted by molar-refractivity contribution is 5.84. The molecule has 4 heteroatoms. The van der Waals surface area contributed by atoms with Crippen molar-refractivity contribution < 1.29 is 12.4 Å². The average Bonchev–Trinajstić information content (AvgIpc) is 2.45. The lowest BCUT2D eigenvalue weighted by Crippen LogP contribution is -1.93. The number of anilines is 1. The Morgan fingerprint density at radius 3 is 3.15 bits per heavy atom. The van der Waals surface area contributed by atoms with Gasteiger partial charge in [0.2, 0.25) is 0 Å². The first-order valence-electron chi connectivity index (χ1n) is 4.78. The Balaban J connectivity index is 2.74. The van der Waals surface area contributed by atoms with Gasteiger partial charge in [-0.15, -0.1) is 0 Å². The van der Waals surface area contributed by atoms with E-state index < -0.39 is 6.56 Å². The fraction of sp³-hybridized carbons (Fsp3) is 0.222. The molecule has 0 radical (unpaired) electrons. The summed E-state index contributed by atoms with van der Waals surface area (Å²) < 4.78 is 19.3. The van der Waals surface area contributed by atoms with Crippen LogP contribution in [-0.2, 0) is 6.56 Å². The molecule has 0 fully saturated rings. The van der Waals surface area contributed by atoms with Crippen molar-refractivity contribution >= 4 is 16.7 Å². The van der Waals surface area contributed by atoms with Crippen LogP contribution >= 0.6 is 0 Å². The molecular weight excluding hydrogens is 168 g/mol. The third kappa shape index (κ3) is 1.15. The molecule has 0 aliphatic heterocycles. The van der Waals surface area contributed by atoms with E-state index in [2.05, 4.69) is 5.16 Å². The second-order valence-electron chi connectivity index (χ2n) is 2.82. The normalized spacial score (nSPS) is 14.3. The number of nitrogens with zero attached hydrogens (tertiary/aromatic N) is 1. The Labute approximate surface area is 77.8 Å². The zero-order valence-electron chi connectivity index (χ0n) is 9.03. The predicted molar refractivity (Wildman–Crippen MR) is 49.1 cm³/mol. The second-order valence-corrected chi connectivity index (χ2v) is 2.82. The molecule has 4 nitrogen and oxygen atoms in total. The molecule has 0 saturated heterocycles. The van der Waals surface area contributed by atoms with E-state index in [0.717, 1.165) is 5.39 Å². The number of aliphatic hydroxyl groups is 1. The van der Waals surface area contributed by atoms with Crippen molar-refractivity contribution in [3.63, 3.8) is 0 Å². The SMILES string of the molecule is [2H]C([2H])(O)c1cc2onc(C)c2cc1N. The van der Waals surface area contributed by atoms with Gasteiger partial charge in [-0.3, -0.25) is 0 Å². The van der Waals surface area contributed by atoms with Crippen LogP contribution in [0.15, 0.2) is 16.7 Å². The molecule has 2 rings (SSSR count). The van der Waals surface area contributed by atoms with Gasteiger partial charge in [0.1, 0.15) is 0 Å². The number of hydrogen-bond acceptors (Lipinski definition) is 4. The quantitative estimate of drug-likeness (QED) is 0.647. The lowest BCUT2D eigenvalue weighted by atomic mass is 10.1. The van der Waals surface area contributed by atoms with Crippen LogP contribution in [0.5, 0.6) is 0 Å². The summed E-state index contributed by atoms with van der Waals surface area (Å²) in [6.45, 7) is -0.711. The number of nitrogens with two attached hydrogens (primary N) is 1. The molecule has 0 atom stereocenters. The van der Waals surface area contributed by atoms with Crippen LogP contribution in [0.4, 0.5) is 5.69 Å². The van der Waals surface area contributed by atoms with Crippen LogP contribution < -0.4 is 5.73 Å². The van der Waals surface area contributed by atoms with E-state index in [1.165, 1.54) is 6.07 Å². The van der Waals surface area contributed by atoms with Crippen LogP contribution in [0, 0.1) is 6.92 Å². The summed E-state index contributed by atoms with van der Waals surface area (Å²) in [4.78, 5) is 0. The molecule has 0 spiro atoms. The number of hydrogen-bond donors (Lipinski definition) is 2. The molecule has 13 heavy (non-hydrogen) atoms. The third-order valence-electron chi connectivity index (χ3n) is 1.94. The van der Waals surface area contributed by atoms with Gasteiger partial charge in [0, 0.05) is 16.6 Å². The summed E-state index contributed by atoms with van der Waals surface area (Å²) in [7, 11) is 0. The zero-order valence-corrected chi connectivity index (χ0v) is 7.03. The Morgan fingerprint density at radius 2 is 2.46 bits per heavy atom. The van der Waals surface area contributed by atoms with E-state index in [1.54, 1.807) is 13.0 Å². The van der Waals surface area contributed by atoms with E-state index in [9.17, 15) is 5.11 Å². The van der Waals surface area contributed by atoms with E-state index in [-0.39, 0.29) is 11.3 Å². The lowest BCUT2D eigenvalue weighted by molar-refractivity contribution is 0.282. The van der Waals surface area contributed by atoms with E-state index >= 15 is 0 Å². The molecule has 2 aromatic rings. The smallest absolute Gasteiger partial charge is 0.167 e. The number of nitrogen functional groups attached to an aromatic ring is 1. The van der Waals surface area contributed by atoms with Crippen LogP contribution in [0.3, 0.4) is 0 Å². The highest BCUT2D eigenvalue weighted by Crippen LogP contribution is 2.24. The van der Waals surface area contributed by atoms with Gasteiger partial charge >= 0.3 is 0 Å². The maximum atomic E-state index is 9.23. The minimum atomic E-state index is -2.47. The largest absolute Gasteiger partial charge is 0.398 e. The molecule has 1 aromatic heterocycles. The molecule has 68 valence electrons. The molecular formula is C9H10N2O2. The molecule has 0 amide bonds. The fourth-order valence-electron chi connectivity index (χ4n) is 1.22. The van der Waals surface area contributed by atoms with Crippen LogP contribution in [0.25, 0.3) is 11.0 Å². The summed E-state index contributed by atoms with van der Waals surface area (Å²) in [6, 6.07) is 2.91. The molecule has 0 aliphatic carbocycles. The van der Waals surface area contributed by atoms with Gasteiger partial charge in [-0.25, -0.2) is 0 Å². The minimum absolute atomic E-state index is 0.00819. The van der Waals surface area contributed by atoms with Crippen LogP contribution in [0.1, 0.15) is 14.0 Å². The van der Waals surface area contributed by atoms with Crippen LogP contribution in [0.2, 0.25) is 0 Å². The molecule has 3 N–H and O–H groups in total. The van der Waals surface area contributed by atoms with E-state index in [4.69, 9.17) is 13.0 Å². The summed E-state index contributed by atoms with van der Waals surface area (Å²) in [5.74, 6) is 0. The van der Waals surface area contributed by atoms with Crippen LogP contribution in [-0.4, -0.2) is 10.3 Å². The van der Waals surface area contributed by atoms with Gasteiger partial charge in [-0.05, 0) is 19.1 Å². The summed E-state index contributed by atoms with van der Waals surface area (Å²) in [5, 5.41) is 13.7. The third-order valence-corrected chi connectivity index (χ3v) is 1.94. The molecule has 0 aliphatic rings. The maximum absolute atomic E-state index is 9.23. The van der Waals surface area contributed by atoms with Crippen molar-refractivity contribution in [1.29, 1.82) is 0 Å². The Hall–Kier alpha value is -1.55. The fourth-order valence-corrected chi connectivity index (χ4v) is 1.22. The van der Waals surface area contributed by atoms with Gasteiger partial charge in [0.05, 0.1) is 15.0 Å². The van der Waals surface area contributed by atoms with Gasteiger partial charge in [0.15, 0.2) is 5.58 Å². The topological polar surface area (TPSA) is 72.3 Å². The van der Waals surface area contributed by atoms with Crippen molar-refractivity contribution in [2.45, 2.75) is 13.5 Å². The van der Waals surface area contributed by atoms with Crippen molar-refractivity contribution in [2.75, 3.05) is 5.73 Å². The minimum Gasteiger partial charge on any atom is -0.398 e. The van der Waals surface area contributed by atoms with Gasteiger partial charge in [-0.2, -0.15) is 0 Å². The number of aromatic nitrogens is 1. The predicted octanol–water partition coefficient (Wildman–Crippen LogP) is 1.21. The first kappa shape index (κ1) is 5.99.